The average Bonchev–Trinajstić information content (AvgIpc) is 3.04. The number of hydrogen-bond acceptors (Lipinski definition) is 4. The Bertz CT molecular complexity index is 713. The predicted octanol–water partition coefficient (Wildman–Crippen LogP) is 0.917. The van der Waals surface area contributed by atoms with Gasteiger partial charge in [0.15, 0.2) is 0 Å². The largest absolute Gasteiger partial charge is 0.480 e. The number of imidazole rings is 1. The van der Waals surface area contributed by atoms with Crippen LogP contribution in [0.15, 0.2) is 36.7 Å². The maximum absolute atomic E-state index is 12.8. The summed E-state index contributed by atoms with van der Waals surface area (Å²) < 4.78 is 0. The van der Waals surface area contributed by atoms with Crippen LogP contribution in [0.25, 0.3) is 11.3 Å². The number of carbonyl (C=O) groups excluding carboxylic acids is 1. The maximum atomic E-state index is 12.8. The molecule has 1 amide bonds. The van der Waals surface area contributed by atoms with E-state index in [2.05, 4.69) is 9.97 Å². The minimum absolute atomic E-state index is 0.165. The van der Waals surface area contributed by atoms with Crippen molar-refractivity contribution in [3.05, 3.63) is 42.4 Å². The van der Waals surface area contributed by atoms with Crippen molar-refractivity contribution in [3.8, 4) is 11.3 Å². The Hall–Kier alpha value is -2.67. The molecule has 0 radical (unpaired) electrons. The molecule has 3 rings (SSSR count). The number of hydrogen-bond donors (Lipinski definition) is 2. The Labute approximate surface area is 133 Å². The van der Waals surface area contributed by atoms with E-state index in [4.69, 9.17) is 0 Å². The van der Waals surface area contributed by atoms with Crippen molar-refractivity contribution >= 4 is 11.9 Å². The molecule has 120 valence electrons. The van der Waals surface area contributed by atoms with Gasteiger partial charge in [-0.05, 0) is 7.05 Å². The molecule has 1 aromatic carbocycles. The number of H-pyrrole nitrogens is 1. The van der Waals surface area contributed by atoms with Gasteiger partial charge in [-0.2, -0.15) is 0 Å². The molecule has 0 unspecified atom stereocenters. The smallest absolute Gasteiger partial charge is 0.322 e. The van der Waals surface area contributed by atoms with Crippen LogP contribution in [0.5, 0.6) is 0 Å². The second-order valence-electron chi connectivity index (χ2n) is 5.58. The fraction of sp³-hybridized carbons (Fsp3) is 0.312. The molecule has 1 aromatic heterocycles. The lowest BCUT2D eigenvalue weighted by Gasteiger charge is -2.37. The fourth-order valence-electron chi connectivity index (χ4n) is 2.76. The lowest BCUT2D eigenvalue weighted by molar-refractivity contribution is -0.144. The lowest BCUT2D eigenvalue weighted by atomic mass is 10.1. The molecule has 23 heavy (non-hydrogen) atoms. The number of aromatic nitrogens is 2. The van der Waals surface area contributed by atoms with E-state index in [-0.39, 0.29) is 12.5 Å². The highest BCUT2D eigenvalue weighted by molar-refractivity contribution is 5.98. The summed E-state index contributed by atoms with van der Waals surface area (Å²) in [5, 5.41) is 9.27. The van der Waals surface area contributed by atoms with Crippen LogP contribution >= 0.6 is 0 Å². The van der Waals surface area contributed by atoms with Crippen molar-refractivity contribution in [2.24, 2.45) is 0 Å². The summed E-state index contributed by atoms with van der Waals surface area (Å²) in [6.45, 7) is 1.18. The summed E-state index contributed by atoms with van der Waals surface area (Å²) in [7, 11) is 1.76. The molecular formula is C16H18N4O3. The van der Waals surface area contributed by atoms with Gasteiger partial charge in [0.05, 0.1) is 6.33 Å². The van der Waals surface area contributed by atoms with Crippen molar-refractivity contribution in [1.29, 1.82) is 0 Å². The lowest BCUT2D eigenvalue weighted by Crippen LogP contribution is -2.56. The molecule has 2 N–H and O–H groups in total. The molecule has 7 heteroatoms. The van der Waals surface area contributed by atoms with E-state index in [1.165, 1.54) is 6.33 Å². The van der Waals surface area contributed by atoms with Crippen LogP contribution in [-0.4, -0.2) is 69.5 Å². The van der Waals surface area contributed by atoms with E-state index in [9.17, 15) is 14.7 Å². The van der Waals surface area contributed by atoms with Gasteiger partial charge in [-0.25, -0.2) is 4.98 Å². The quantitative estimate of drug-likeness (QED) is 0.879. The van der Waals surface area contributed by atoms with Crippen molar-refractivity contribution < 1.29 is 14.7 Å². The van der Waals surface area contributed by atoms with E-state index < -0.39 is 12.0 Å². The first kappa shape index (κ1) is 15.2. The summed E-state index contributed by atoms with van der Waals surface area (Å²) in [5.41, 5.74) is 1.83. The molecule has 1 atom stereocenters. The summed E-state index contributed by atoms with van der Waals surface area (Å²) in [6.07, 6.45) is 1.49. The Morgan fingerprint density at radius 1 is 1.26 bits per heavy atom. The van der Waals surface area contributed by atoms with Crippen molar-refractivity contribution in [2.45, 2.75) is 6.04 Å². The van der Waals surface area contributed by atoms with E-state index in [0.717, 1.165) is 5.56 Å². The Balaban J connectivity index is 1.85. The van der Waals surface area contributed by atoms with Gasteiger partial charge < -0.3 is 15.0 Å². The van der Waals surface area contributed by atoms with E-state index >= 15 is 0 Å². The number of carboxylic acid groups (broad SMARTS) is 1. The molecule has 0 bridgehead atoms. The molecule has 2 heterocycles. The number of piperazine rings is 1. The average molecular weight is 314 g/mol. The Morgan fingerprint density at radius 2 is 2.00 bits per heavy atom. The first-order chi connectivity index (χ1) is 11.1. The minimum atomic E-state index is -0.919. The molecule has 0 spiro atoms. The SMILES string of the molecule is CN1CCN(C(=O)c2[nH]cnc2-c2ccccc2)C[C@@H]1C(=O)O. The number of rotatable bonds is 3. The predicted molar refractivity (Wildman–Crippen MR) is 84.0 cm³/mol. The van der Waals surface area contributed by atoms with Gasteiger partial charge in [-0.1, -0.05) is 30.3 Å². The summed E-state index contributed by atoms with van der Waals surface area (Å²) in [4.78, 5) is 34.5. The number of benzene rings is 1. The molecule has 1 fully saturated rings. The first-order valence-corrected chi connectivity index (χ1v) is 7.39. The van der Waals surface area contributed by atoms with Crippen LogP contribution in [0.2, 0.25) is 0 Å². The molecule has 1 saturated heterocycles. The molecular weight excluding hydrogens is 296 g/mol. The van der Waals surface area contributed by atoms with Crippen LogP contribution in [0.3, 0.4) is 0 Å². The molecule has 0 aliphatic carbocycles. The monoisotopic (exact) mass is 314 g/mol. The van der Waals surface area contributed by atoms with E-state index in [0.29, 0.717) is 24.5 Å². The van der Waals surface area contributed by atoms with Crippen LogP contribution < -0.4 is 0 Å². The molecule has 1 aliphatic rings. The first-order valence-electron chi connectivity index (χ1n) is 7.39. The highest BCUT2D eigenvalue weighted by Gasteiger charge is 2.33. The number of aliphatic carboxylic acids is 1. The second-order valence-corrected chi connectivity index (χ2v) is 5.58. The van der Waals surface area contributed by atoms with Crippen LogP contribution in [0.1, 0.15) is 10.5 Å². The maximum Gasteiger partial charge on any atom is 0.322 e. The molecule has 1 aliphatic heterocycles. The standard InChI is InChI=1S/C16H18N4O3/c1-19-7-8-20(9-12(19)16(22)23)15(21)14-13(17-10-18-14)11-5-3-2-4-6-11/h2-6,10,12H,7-9H2,1H3,(H,17,18)(H,22,23)/t12-/m1/s1. The van der Waals surface area contributed by atoms with Gasteiger partial charge in [-0.3, -0.25) is 14.5 Å². The third-order valence-electron chi connectivity index (χ3n) is 4.12. The third kappa shape index (κ3) is 2.95. The molecule has 0 saturated carbocycles. The van der Waals surface area contributed by atoms with Gasteiger partial charge in [0.25, 0.3) is 5.91 Å². The van der Waals surface area contributed by atoms with Crippen LogP contribution in [-0.2, 0) is 4.79 Å². The Kier molecular flexibility index (Phi) is 4.12. The summed E-state index contributed by atoms with van der Waals surface area (Å²) >= 11 is 0. The number of carbonyl (C=O) groups is 2. The van der Waals surface area contributed by atoms with Crippen molar-refractivity contribution in [1.82, 2.24) is 19.8 Å². The van der Waals surface area contributed by atoms with Gasteiger partial charge in [-0.15, -0.1) is 0 Å². The van der Waals surface area contributed by atoms with Gasteiger partial charge in [0, 0.05) is 25.2 Å². The number of nitrogens with zero attached hydrogens (tertiary/aromatic N) is 3. The number of nitrogens with one attached hydrogen (secondary N) is 1. The highest BCUT2D eigenvalue weighted by Crippen LogP contribution is 2.22. The third-order valence-corrected chi connectivity index (χ3v) is 4.12. The Morgan fingerprint density at radius 3 is 2.70 bits per heavy atom. The zero-order valence-corrected chi connectivity index (χ0v) is 12.8. The van der Waals surface area contributed by atoms with E-state index in [1.807, 2.05) is 30.3 Å². The number of carboxylic acids is 1. The van der Waals surface area contributed by atoms with Crippen LogP contribution in [0, 0.1) is 0 Å². The normalized spacial score (nSPS) is 18.8. The number of amides is 1. The number of aromatic amines is 1. The highest BCUT2D eigenvalue weighted by atomic mass is 16.4. The zero-order chi connectivity index (χ0) is 16.4. The second kappa shape index (κ2) is 6.21. The molecule has 2 aromatic rings. The minimum Gasteiger partial charge on any atom is -0.480 e. The van der Waals surface area contributed by atoms with Crippen molar-refractivity contribution in [3.63, 3.8) is 0 Å². The van der Waals surface area contributed by atoms with Gasteiger partial charge >= 0.3 is 5.97 Å². The topological polar surface area (TPSA) is 89.5 Å². The summed E-state index contributed by atoms with van der Waals surface area (Å²) in [6, 6.07) is 8.75. The van der Waals surface area contributed by atoms with E-state index in [1.54, 1.807) is 16.8 Å². The summed E-state index contributed by atoms with van der Waals surface area (Å²) in [5.74, 6) is -1.14. The molecule has 7 nitrogen and oxygen atoms in total. The van der Waals surface area contributed by atoms with Gasteiger partial charge in [0.2, 0.25) is 0 Å². The van der Waals surface area contributed by atoms with Crippen LogP contribution in [0.4, 0.5) is 0 Å². The van der Waals surface area contributed by atoms with Crippen molar-refractivity contribution in [2.75, 3.05) is 26.7 Å². The fourth-order valence-corrected chi connectivity index (χ4v) is 2.76. The van der Waals surface area contributed by atoms with Gasteiger partial charge in [0.1, 0.15) is 17.4 Å². The zero-order valence-electron chi connectivity index (χ0n) is 12.8. The number of likely N-dealkylation sites (N-methyl/N-ethyl adjacent to an activating group) is 1.